The van der Waals surface area contributed by atoms with Gasteiger partial charge in [-0.3, -0.25) is 4.79 Å². The van der Waals surface area contributed by atoms with E-state index in [0.717, 1.165) is 44.2 Å². The Bertz CT molecular complexity index is 1430. The van der Waals surface area contributed by atoms with Crippen LogP contribution in [0, 0.1) is 6.92 Å². The Kier molecular flexibility index (Phi) is 4.77. The first-order valence-corrected chi connectivity index (χ1v) is 10.1. The van der Waals surface area contributed by atoms with E-state index in [-0.39, 0.29) is 5.91 Å². The maximum Gasteiger partial charge on any atom is 0.272 e. The Hall–Kier alpha value is -4.25. The first-order valence-electron chi connectivity index (χ1n) is 10.1. The molecule has 2 aromatic heterocycles. The molecule has 0 bridgehead atoms. The number of para-hydroxylation sites is 1. The molecule has 0 saturated heterocycles. The second-order valence-corrected chi connectivity index (χ2v) is 7.43. The van der Waals surface area contributed by atoms with E-state index < -0.39 is 0 Å². The van der Waals surface area contributed by atoms with Gasteiger partial charge in [-0.25, -0.2) is 10.4 Å². The molecule has 0 aliphatic heterocycles. The largest absolute Gasteiger partial charge is 0.361 e. The predicted octanol–water partition coefficient (Wildman–Crippen LogP) is 5.46. The summed E-state index contributed by atoms with van der Waals surface area (Å²) < 4.78 is 0. The van der Waals surface area contributed by atoms with Gasteiger partial charge in [-0.05, 0) is 31.2 Å². The third kappa shape index (κ3) is 3.69. The highest BCUT2D eigenvalue weighted by Gasteiger charge is 2.14. The van der Waals surface area contributed by atoms with Crippen LogP contribution in [-0.2, 0) is 0 Å². The summed E-state index contributed by atoms with van der Waals surface area (Å²) in [6.45, 7) is 2.00. The maximum absolute atomic E-state index is 13.1. The summed E-state index contributed by atoms with van der Waals surface area (Å²) in [4.78, 5) is 21.0. The van der Waals surface area contributed by atoms with Crippen molar-refractivity contribution in [2.45, 2.75) is 6.92 Å². The molecule has 0 spiro atoms. The van der Waals surface area contributed by atoms with E-state index >= 15 is 0 Å². The number of benzene rings is 3. The van der Waals surface area contributed by atoms with Crippen molar-refractivity contribution >= 4 is 33.9 Å². The number of hydrogen-bond acceptors (Lipinski definition) is 3. The van der Waals surface area contributed by atoms with Crippen molar-refractivity contribution in [2.24, 2.45) is 5.10 Å². The molecule has 0 aliphatic carbocycles. The zero-order valence-electron chi connectivity index (χ0n) is 17.0. The fourth-order valence-corrected chi connectivity index (χ4v) is 3.71. The molecule has 1 amide bonds. The van der Waals surface area contributed by atoms with Crippen molar-refractivity contribution in [2.75, 3.05) is 0 Å². The van der Waals surface area contributed by atoms with Crippen molar-refractivity contribution in [1.82, 2.24) is 15.4 Å². The minimum Gasteiger partial charge on any atom is -0.361 e. The lowest BCUT2D eigenvalue weighted by Crippen LogP contribution is -2.18. The topological polar surface area (TPSA) is 70.1 Å². The van der Waals surface area contributed by atoms with Gasteiger partial charge in [-0.1, -0.05) is 60.2 Å². The summed E-state index contributed by atoms with van der Waals surface area (Å²) in [6, 6.07) is 25.6. The molecule has 5 heteroatoms. The van der Waals surface area contributed by atoms with E-state index in [2.05, 4.69) is 15.5 Å². The van der Waals surface area contributed by atoms with E-state index in [1.807, 2.05) is 92.0 Å². The molecular formula is C26H20N4O. The lowest BCUT2D eigenvalue weighted by Gasteiger charge is -2.10. The van der Waals surface area contributed by atoms with Crippen LogP contribution in [0.5, 0.6) is 0 Å². The number of rotatable bonds is 4. The van der Waals surface area contributed by atoms with Gasteiger partial charge in [0.2, 0.25) is 0 Å². The highest BCUT2D eigenvalue weighted by Crippen LogP contribution is 2.25. The molecule has 0 aliphatic rings. The van der Waals surface area contributed by atoms with E-state index in [1.54, 1.807) is 6.21 Å². The van der Waals surface area contributed by atoms with Crippen LogP contribution in [0.2, 0.25) is 0 Å². The fraction of sp³-hybridized carbons (Fsp3) is 0.0385. The summed E-state index contributed by atoms with van der Waals surface area (Å²) in [6.07, 6.45) is 3.53. The van der Waals surface area contributed by atoms with Crippen LogP contribution in [-0.4, -0.2) is 22.1 Å². The molecule has 5 nitrogen and oxygen atoms in total. The molecular weight excluding hydrogens is 384 g/mol. The molecule has 0 radical (unpaired) electrons. The van der Waals surface area contributed by atoms with Crippen LogP contribution in [0.15, 0.2) is 90.2 Å². The van der Waals surface area contributed by atoms with E-state index in [4.69, 9.17) is 4.98 Å². The van der Waals surface area contributed by atoms with Gasteiger partial charge in [-0.15, -0.1) is 0 Å². The second kappa shape index (κ2) is 7.88. The summed E-state index contributed by atoms with van der Waals surface area (Å²) >= 11 is 0. The zero-order valence-corrected chi connectivity index (χ0v) is 17.0. The molecule has 31 heavy (non-hydrogen) atoms. The first-order chi connectivity index (χ1) is 15.2. The van der Waals surface area contributed by atoms with Crippen LogP contribution in [0.4, 0.5) is 0 Å². The van der Waals surface area contributed by atoms with Crippen molar-refractivity contribution in [3.8, 4) is 11.3 Å². The summed E-state index contributed by atoms with van der Waals surface area (Å²) in [7, 11) is 0. The molecule has 3 aromatic carbocycles. The molecule has 5 aromatic rings. The monoisotopic (exact) mass is 404 g/mol. The maximum atomic E-state index is 13.1. The van der Waals surface area contributed by atoms with Gasteiger partial charge in [0.05, 0.1) is 23.0 Å². The SMILES string of the molecule is Cc1ccc2nc(-c3ccccc3)cc(C(=O)NN=Cc3c[nH]c4ccccc34)c2c1. The number of carbonyl (C=O) groups excluding carboxylic acids is 1. The van der Waals surface area contributed by atoms with Crippen molar-refractivity contribution in [3.63, 3.8) is 0 Å². The van der Waals surface area contributed by atoms with Crippen LogP contribution in [0.3, 0.4) is 0 Å². The Morgan fingerprint density at radius 3 is 2.65 bits per heavy atom. The third-order valence-corrected chi connectivity index (χ3v) is 5.27. The summed E-state index contributed by atoms with van der Waals surface area (Å²) in [5, 5.41) is 6.06. The average Bonchev–Trinajstić information content (AvgIpc) is 3.22. The number of aromatic amines is 1. The molecule has 0 unspecified atom stereocenters. The quantitative estimate of drug-likeness (QED) is 0.309. The molecule has 2 N–H and O–H groups in total. The molecule has 0 fully saturated rings. The standard InChI is InChI=1S/C26H20N4O/c1-17-11-12-24-21(13-17)22(14-25(29-24)18-7-3-2-4-8-18)26(31)30-28-16-19-15-27-23-10-6-5-9-20(19)23/h2-16,27H,1H3,(H,30,31). The van der Waals surface area contributed by atoms with E-state index in [0.29, 0.717) is 5.56 Å². The van der Waals surface area contributed by atoms with Gasteiger partial charge in [0.1, 0.15) is 0 Å². The Balaban J connectivity index is 1.50. The average molecular weight is 404 g/mol. The van der Waals surface area contributed by atoms with Gasteiger partial charge in [0.25, 0.3) is 5.91 Å². The molecule has 150 valence electrons. The zero-order chi connectivity index (χ0) is 21.2. The van der Waals surface area contributed by atoms with Crippen LogP contribution in [0.25, 0.3) is 33.1 Å². The number of aryl methyl sites for hydroxylation is 1. The smallest absolute Gasteiger partial charge is 0.272 e. The number of hydrogen-bond donors (Lipinski definition) is 2. The summed E-state index contributed by atoms with van der Waals surface area (Å²) in [5.74, 6) is -0.272. The Morgan fingerprint density at radius 2 is 1.77 bits per heavy atom. The van der Waals surface area contributed by atoms with Gasteiger partial charge in [0, 0.05) is 33.6 Å². The van der Waals surface area contributed by atoms with Crippen molar-refractivity contribution in [3.05, 3.63) is 102 Å². The van der Waals surface area contributed by atoms with E-state index in [9.17, 15) is 4.79 Å². The molecule has 5 rings (SSSR count). The van der Waals surface area contributed by atoms with Gasteiger partial charge in [-0.2, -0.15) is 5.10 Å². The Labute approximate surface area is 179 Å². The van der Waals surface area contributed by atoms with Crippen LogP contribution in [0.1, 0.15) is 21.5 Å². The number of H-pyrrole nitrogens is 1. The number of pyridine rings is 1. The van der Waals surface area contributed by atoms with Crippen molar-refractivity contribution < 1.29 is 4.79 Å². The second-order valence-electron chi connectivity index (χ2n) is 7.43. The number of carbonyl (C=O) groups is 1. The number of hydrazone groups is 1. The first kappa shape index (κ1) is 18.8. The Morgan fingerprint density at radius 1 is 0.968 bits per heavy atom. The number of fused-ring (bicyclic) bond motifs is 2. The lowest BCUT2D eigenvalue weighted by molar-refractivity contribution is 0.0956. The van der Waals surface area contributed by atoms with Crippen LogP contribution < -0.4 is 5.43 Å². The number of aromatic nitrogens is 2. The van der Waals surface area contributed by atoms with Crippen LogP contribution >= 0.6 is 0 Å². The minimum atomic E-state index is -0.272. The fourth-order valence-electron chi connectivity index (χ4n) is 3.71. The lowest BCUT2D eigenvalue weighted by atomic mass is 10.0. The van der Waals surface area contributed by atoms with Gasteiger partial charge in [0.15, 0.2) is 0 Å². The normalized spacial score (nSPS) is 11.4. The highest BCUT2D eigenvalue weighted by molar-refractivity contribution is 6.08. The summed E-state index contributed by atoms with van der Waals surface area (Å²) in [5.41, 5.74) is 8.72. The number of amides is 1. The molecule has 0 atom stereocenters. The third-order valence-electron chi connectivity index (χ3n) is 5.27. The number of nitrogens with zero attached hydrogens (tertiary/aromatic N) is 2. The number of nitrogens with one attached hydrogen (secondary N) is 2. The predicted molar refractivity (Wildman–Crippen MR) is 125 cm³/mol. The molecule has 0 saturated carbocycles. The van der Waals surface area contributed by atoms with Gasteiger partial charge < -0.3 is 4.98 Å². The highest BCUT2D eigenvalue weighted by atomic mass is 16.2. The van der Waals surface area contributed by atoms with Crippen molar-refractivity contribution in [1.29, 1.82) is 0 Å². The van der Waals surface area contributed by atoms with Gasteiger partial charge >= 0.3 is 0 Å². The van der Waals surface area contributed by atoms with E-state index in [1.165, 1.54) is 0 Å². The minimum absolute atomic E-state index is 0.272. The molecule has 2 heterocycles.